The lowest BCUT2D eigenvalue weighted by molar-refractivity contribution is 0.384. The Bertz CT molecular complexity index is 768. The van der Waals surface area contributed by atoms with Gasteiger partial charge in [0.2, 0.25) is 0 Å². The molecular formula is C21H29N3O2. The topological polar surface area (TPSA) is 73.7 Å². The maximum atomic E-state index is 6.33. The maximum Gasteiger partial charge on any atom is 0.131 e. The van der Waals surface area contributed by atoms with Gasteiger partial charge in [-0.25, -0.2) is 5.84 Å². The molecule has 5 heteroatoms. The lowest BCUT2D eigenvalue weighted by Gasteiger charge is -2.19. The van der Waals surface area contributed by atoms with Gasteiger partial charge >= 0.3 is 0 Å². The van der Waals surface area contributed by atoms with Crippen LogP contribution in [0.25, 0.3) is 5.70 Å². The zero-order chi connectivity index (χ0) is 19.3. The number of ether oxygens (including phenoxy) is 2. The van der Waals surface area contributed by atoms with Crippen LogP contribution in [0.15, 0.2) is 42.6 Å². The SMILES string of the molecule is COc1cc(OC)c(C(C)C)cc1/C(N)=C/N(N)Cc1ccc(C)cc1. The first-order valence-electron chi connectivity index (χ1n) is 8.66. The second-order valence-electron chi connectivity index (χ2n) is 6.69. The summed E-state index contributed by atoms with van der Waals surface area (Å²) in [5, 5.41) is 1.58. The van der Waals surface area contributed by atoms with Gasteiger partial charge in [-0.2, -0.15) is 0 Å². The number of rotatable bonds is 7. The average molecular weight is 355 g/mol. The van der Waals surface area contributed by atoms with Gasteiger partial charge in [-0.1, -0.05) is 43.7 Å². The van der Waals surface area contributed by atoms with Gasteiger partial charge < -0.3 is 20.2 Å². The summed E-state index contributed by atoms with van der Waals surface area (Å²) in [7, 11) is 3.27. The zero-order valence-corrected chi connectivity index (χ0v) is 16.2. The standard InChI is InChI=1S/C21H29N3O2/c1-14(2)17-10-18(21(26-5)11-20(17)25-4)19(22)13-24(23)12-16-8-6-15(3)7-9-16/h6-11,13-14H,12,22-23H2,1-5H3/b19-13-. The van der Waals surface area contributed by atoms with E-state index in [1.54, 1.807) is 25.4 Å². The number of hydrazine groups is 1. The van der Waals surface area contributed by atoms with Crippen LogP contribution in [-0.2, 0) is 6.54 Å². The highest BCUT2D eigenvalue weighted by Crippen LogP contribution is 2.35. The maximum absolute atomic E-state index is 6.33. The molecule has 0 radical (unpaired) electrons. The van der Waals surface area contributed by atoms with Crippen LogP contribution in [0, 0.1) is 6.92 Å². The number of methoxy groups -OCH3 is 2. The second-order valence-corrected chi connectivity index (χ2v) is 6.69. The van der Waals surface area contributed by atoms with Crippen molar-refractivity contribution in [2.45, 2.75) is 33.2 Å². The number of nitrogens with two attached hydrogens (primary N) is 2. The number of aryl methyl sites for hydroxylation is 1. The molecular weight excluding hydrogens is 326 g/mol. The van der Waals surface area contributed by atoms with E-state index in [0.717, 1.165) is 22.4 Å². The number of hydrogen-bond acceptors (Lipinski definition) is 5. The van der Waals surface area contributed by atoms with E-state index >= 15 is 0 Å². The molecule has 0 atom stereocenters. The van der Waals surface area contributed by atoms with E-state index in [-0.39, 0.29) is 0 Å². The fourth-order valence-corrected chi connectivity index (χ4v) is 2.80. The molecule has 0 aromatic heterocycles. The summed E-state index contributed by atoms with van der Waals surface area (Å²) in [5.41, 5.74) is 11.1. The molecule has 2 aromatic carbocycles. The summed E-state index contributed by atoms with van der Waals surface area (Å²) in [4.78, 5) is 0. The molecule has 0 unspecified atom stereocenters. The molecule has 2 rings (SSSR count). The smallest absolute Gasteiger partial charge is 0.131 e. The highest BCUT2D eigenvalue weighted by Gasteiger charge is 2.15. The predicted octanol–water partition coefficient (Wildman–Crippen LogP) is 3.77. The summed E-state index contributed by atoms with van der Waals surface area (Å²) in [6.07, 6.45) is 1.73. The third-order valence-corrected chi connectivity index (χ3v) is 4.28. The second kappa shape index (κ2) is 8.63. The number of nitrogens with zero attached hydrogens (tertiary/aromatic N) is 1. The minimum absolute atomic E-state index is 0.295. The van der Waals surface area contributed by atoms with E-state index in [0.29, 0.717) is 23.9 Å². The third kappa shape index (κ3) is 4.70. The summed E-state index contributed by atoms with van der Waals surface area (Å²) in [5.74, 6) is 7.88. The lowest BCUT2D eigenvalue weighted by atomic mass is 9.97. The molecule has 0 fully saturated rings. The van der Waals surface area contributed by atoms with Crippen molar-refractivity contribution in [1.82, 2.24) is 5.01 Å². The lowest BCUT2D eigenvalue weighted by Crippen LogP contribution is -2.25. The minimum atomic E-state index is 0.295. The first kappa shape index (κ1) is 19.7. The molecule has 4 N–H and O–H groups in total. The van der Waals surface area contributed by atoms with E-state index in [1.165, 1.54) is 5.56 Å². The first-order valence-corrected chi connectivity index (χ1v) is 8.66. The molecule has 0 spiro atoms. The summed E-state index contributed by atoms with van der Waals surface area (Å²) in [6.45, 7) is 6.85. The third-order valence-electron chi connectivity index (χ3n) is 4.28. The van der Waals surface area contributed by atoms with Gasteiger partial charge in [0, 0.05) is 17.8 Å². The van der Waals surface area contributed by atoms with Crippen molar-refractivity contribution in [2.24, 2.45) is 11.6 Å². The molecule has 0 aliphatic rings. The van der Waals surface area contributed by atoms with E-state index in [4.69, 9.17) is 21.1 Å². The van der Waals surface area contributed by atoms with Gasteiger partial charge in [-0.05, 0) is 30.0 Å². The van der Waals surface area contributed by atoms with E-state index < -0.39 is 0 Å². The van der Waals surface area contributed by atoms with E-state index in [1.807, 2.05) is 12.1 Å². The molecule has 0 amide bonds. The summed E-state index contributed by atoms with van der Waals surface area (Å²) in [6, 6.07) is 12.1. The van der Waals surface area contributed by atoms with Gasteiger partial charge in [0.05, 0.1) is 26.5 Å². The van der Waals surface area contributed by atoms with Gasteiger partial charge in [0.15, 0.2) is 0 Å². The molecule has 0 heterocycles. The van der Waals surface area contributed by atoms with Crippen molar-refractivity contribution in [3.8, 4) is 11.5 Å². The average Bonchev–Trinajstić information content (AvgIpc) is 2.62. The van der Waals surface area contributed by atoms with Crippen LogP contribution < -0.4 is 21.1 Å². The minimum Gasteiger partial charge on any atom is -0.496 e. The fraction of sp³-hybridized carbons (Fsp3) is 0.333. The Hall–Kier alpha value is -2.66. The summed E-state index contributed by atoms with van der Waals surface area (Å²) < 4.78 is 11.0. The Morgan fingerprint density at radius 3 is 2.23 bits per heavy atom. The van der Waals surface area contributed by atoms with Crippen molar-refractivity contribution in [1.29, 1.82) is 0 Å². The van der Waals surface area contributed by atoms with Gasteiger partial charge in [-0.3, -0.25) is 0 Å². The van der Waals surface area contributed by atoms with Crippen LogP contribution in [0.1, 0.15) is 42.0 Å². The van der Waals surface area contributed by atoms with Crippen LogP contribution in [0.5, 0.6) is 11.5 Å². The van der Waals surface area contributed by atoms with Crippen LogP contribution in [0.3, 0.4) is 0 Å². The Balaban J connectivity index is 2.31. The molecule has 5 nitrogen and oxygen atoms in total. The van der Waals surface area contributed by atoms with Crippen LogP contribution >= 0.6 is 0 Å². The summed E-state index contributed by atoms with van der Waals surface area (Å²) >= 11 is 0. The normalized spacial score (nSPS) is 11.6. The van der Waals surface area contributed by atoms with Gasteiger partial charge in [-0.15, -0.1) is 0 Å². The Labute approximate surface area is 156 Å². The zero-order valence-electron chi connectivity index (χ0n) is 16.2. The Morgan fingerprint density at radius 2 is 1.69 bits per heavy atom. The fourth-order valence-electron chi connectivity index (χ4n) is 2.80. The van der Waals surface area contributed by atoms with Crippen molar-refractivity contribution >= 4 is 5.70 Å². The highest BCUT2D eigenvalue weighted by molar-refractivity contribution is 5.70. The number of benzene rings is 2. The molecule has 2 aromatic rings. The number of hydrogen-bond donors (Lipinski definition) is 2. The van der Waals surface area contributed by atoms with Crippen LogP contribution in [-0.4, -0.2) is 19.2 Å². The van der Waals surface area contributed by atoms with E-state index in [9.17, 15) is 0 Å². The quantitative estimate of drug-likeness (QED) is 0.584. The van der Waals surface area contributed by atoms with Crippen molar-refractivity contribution in [3.63, 3.8) is 0 Å². The molecule has 0 aliphatic heterocycles. The molecule has 140 valence electrons. The van der Waals surface area contributed by atoms with Crippen LogP contribution in [0.4, 0.5) is 0 Å². The highest BCUT2D eigenvalue weighted by atomic mass is 16.5. The largest absolute Gasteiger partial charge is 0.496 e. The monoisotopic (exact) mass is 355 g/mol. The van der Waals surface area contributed by atoms with E-state index in [2.05, 4.69) is 45.0 Å². The van der Waals surface area contributed by atoms with Gasteiger partial charge in [0.1, 0.15) is 11.5 Å². The molecule has 0 saturated carbocycles. The van der Waals surface area contributed by atoms with Crippen molar-refractivity contribution in [2.75, 3.05) is 14.2 Å². The van der Waals surface area contributed by atoms with Crippen molar-refractivity contribution < 1.29 is 9.47 Å². The molecule has 0 bridgehead atoms. The molecule has 26 heavy (non-hydrogen) atoms. The Morgan fingerprint density at radius 1 is 1.08 bits per heavy atom. The predicted molar refractivity (Wildman–Crippen MR) is 107 cm³/mol. The molecule has 0 aliphatic carbocycles. The Kier molecular flexibility index (Phi) is 6.52. The van der Waals surface area contributed by atoms with Gasteiger partial charge in [0.25, 0.3) is 0 Å². The van der Waals surface area contributed by atoms with Crippen LogP contribution in [0.2, 0.25) is 0 Å². The first-order chi connectivity index (χ1) is 12.3. The van der Waals surface area contributed by atoms with Crippen molar-refractivity contribution in [3.05, 3.63) is 64.9 Å². The molecule has 0 saturated heterocycles.